The SMILES string of the molecule is O=C(NCc1ccc2c(c1)CNC2)c1cc(C2CCCCC2)ccc1O. The third-order valence-corrected chi connectivity index (χ3v) is 5.70. The first-order valence-electron chi connectivity index (χ1n) is 9.63. The quantitative estimate of drug-likeness (QED) is 0.782. The Morgan fingerprint density at radius 3 is 2.69 bits per heavy atom. The van der Waals surface area contributed by atoms with Gasteiger partial charge in [-0.3, -0.25) is 4.79 Å². The van der Waals surface area contributed by atoms with E-state index in [1.54, 1.807) is 6.07 Å². The lowest BCUT2D eigenvalue weighted by molar-refractivity contribution is 0.0948. The van der Waals surface area contributed by atoms with Crippen molar-refractivity contribution in [2.24, 2.45) is 0 Å². The highest BCUT2D eigenvalue weighted by Gasteiger charge is 2.19. The molecule has 0 saturated heterocycles. The number of phenolic OH excluding ortho intramolecular Hbond substituents is 1. The van der Waals surface area contributed by atoms with Crippen LogP contribution in [0.2, 0.25) is 0 Å². The van der Waals surface area contributed by atoms with Gasteiger partial charge in [0.2, 0.25) is 0 Å². The van der Waals surface area contributed by atoms with Gasteiger partial charge in [0, 0.05) is 19.6 Å². The second-order valence-electron chi connectivity index (χ2n) is 7.50. The van der Waals surface area contributed by atoms with Gasteiger partial charge in [-0.15, -0.1) is 0 Å². The molecule has 2 aliphatic rings. The van der Waals surface area contributed by atoms with E-state index in [0.717, 1.165) is 18.7 Å². The van der Waals surface area contributed by atoms with E-state index in [1.807, 2.05) is 12.1 Å². The van der Waals surface area contributed by atoms with E-state index < -0.39 is 0 Å². The maximum Gasteiger partial charge on any atom is 0.255 e. The zero-order valence-electron chi connectivity index (χ0n) is 15.1. The fourth-order valence-electron chi connectivity index (χ4n) is 4.16. The summed E-state index contributed by atoms with van der Waals surface area (Å²) < 4.78 is 0. The van der Waals surface area contributed by atoms with E-state index in [2.05, 4.69) is 28.8 Å². The average molecular weight is 350 g/mol. The number of carbonyl (C=O) groups excluding carboxylic acids is 1. The van der Waals surface area contributed by atoms with Crippen molar-refractivity contribution in [3.05, 3.63) is 64.2 Å². The minimum atomic E-state index is -0.209. The molecule has 26 heavy (non-hydrogen) atoms. The van der Waals surface area contributed by atoms with Crippen LogP contribution >= 0.6 is 0 Å². The van der Waals surface area contributed by atoms with Gasteiger partial charge < -0.3 is 15.7 Å². The molecule has 1 saturated carbocycles. The summed E-state index contributed by atoms with van der Waals surface area (Å²) in [7, 11) is 0. The summed E-state index contributed by atoms with van der Waals surface area (Å²) in [4.78, 5) is 12.6. The van der Waals surface area contributed by atoms with E-state index in [-0.39, 0.29) is 11.7 Å². The highest BCUT2D eigenvalue weighted by atomic mass is 16.3. The zero-order chi connectivity index (χ0) is 17.9. The Balaban J connectivity index is 1.45. The molecule has 2 aromatic rings. The summed E-state index contributed by atoms with van der Waals surface area (Å²) in [6, 6.07) is 11.8. The topological polar surface area (TPSA) is 61.4 Å². The van der Waals surface area contributed by atoms with Crippen molar-refractivity contribution in [1.29, 1.82) is 0 Å². The number of fused-ring (bicyclic) bond motifs is 1. The first kappa shape index (κ1) is 17.1. The fraction of sp³-hybridized carbons (Fsp3) is 0.409. The molecule has 2 aromatic carbocycles. The molecule has 1 amide bonds. The van der Waals surface area contributed by atoms with Crippen LogP contribution in [0.1, 0.15) is 70.6 Å². The number of rotatable bonds is 4. The van der Waals surface area contributed by atoms with Gasteiger partial charge in [-0.1, -0.05) is 43.5 Å². The Morgan fingerprint density at radius 1 is 1.04 bits per heavy atom. The second kappa shape index (κ2) is 7.50. The highest BCUT2D eigenvalue weighted by molar-refractivity contribution is 5.97. The van der Waals surface area contributed by atoms with Crippen LogP contribution in [-0.2, 0) is 19.6 Å². The number of phenols is 1. The predicted molar refractivity (Wildman–Crippen MR) is 102 cm³/mol. The van der Waals surface area contributed by atoms with Crippen LogP contribution in [0.4, 0.5) is 0 Å². The molecule has 0 spiro atoms. The molecule has 1 aliphatic heterocycles. The van der Waals surface area contributed by atoms with Crippen molar-refractivity contribution in [1.82, 2.24) is 10.6 Å². The van der Waals surface area contributed by atoms with E-state index in [1.165, 1.54) is 48.8 Å². The largest absolute Gasteiger partial charge is 0.507 e. The predicted octanol–water partition coefficient (Wildman–Crippen LogP) is 3.97. The van der Waals surface area contributed by atoms with Gasteiger partial charge in [-0.05, 0) is 53.1 Å². The van der Waals surface area contributed by atoms with Crippen molar-refractivity contribution in [2.45, 2.75) is 57.7 Å². The molecule has 136 valence electrons. The normalized spacial score (nSPS) is 17.1. The van der Waals surface area contributed by atoms with Gasteiger partial charge in [-0.25, -0.2) is 0 Å². The van der Waals surface area contributed by atoms with Crippen LogP contribution < -0.4 is 10.6 Å². The Morgan fingerprint density at radius 2 is 1.85 bits per heavy atom. The second-order valence-corrected chi connectivity index (χ2v) is 7.50. The minimum Gasteiger partial charge on any atom is -0.507 e. The molecule has 1 fully saturated rings. The standard InChI is InChI=1S/C22H26N2O2/c25-21-9-8-17(16-4-2-1-3-5-16)11-20(21)22(26)24-12-15-6-7-18-13-23-14-19(18)10-15/h6-11,16,23,25H,1-5,12-14H2,(H,24,26). The molecule has 4 heteroatoms. The first-order chi connectivity index (χ1) is 12.7. The molecule has 0 unspecified atom stereocenters. The van der Waals surface area contributed by atoms with Crippen molar-refractivity contribution >= 4 is 5.91 Å². The third-order valence-electron chi connectivity index (χ3n) is 5.70. The fourth-order valence-corrected chi connectivity index (χ4v) is 4.16. The lowest BCUT2D eigenvalue weighted by Crippen LogP contribution is -2.23. The lowest BCUT2D eigenvalue weighted by Gasteiger charge is -2.22. The van der Waals surface area contributed by atoms with Crippen molar-refractivity contribution in [3.63, 3.8) is 0 Å². The van der Waals surface area contributed by atoms with Gasteiger partial charge in [0.25, 0.3) is 5.91 Å². The smallest absolute Gasteiger partial charge is 0.255 e. The summed E-state index contributed by atoms with van der Waals surface area (Å²) in [6.45, 7) is 2.28. The molecule has 3 N–H and O–H groups in total. The summed E-state index contributed by atoms with van der Waals surface area (Å²) in [5, 5.41) is 16.4. The molecule has 4 nitrogen and oxygen atoms in total. The van der Waals surface area contributed by atoms with Crippen LogP contribution in [0.5, 0.6) is 5.75 Å². The summed E-state index contributed by atoms with van der Waals surface area (Å²) in [6.07, 6.45) is 6.16. The number of aromatic hydroxyl groups is 1. The molecule has 1 aliphatic carbocycles. The summed E-state index contributed by atoms with van der Waals surface area (Å²) in [5.41, 5.74) is 5.28. The van der Waals surface area contributed by atoms with Gasteiger partial charge in [-0.2, -0.15) is 0 Å². The maximum absolute atomic E-state index is 12.6. The van der Waals surface area contributed by atoms with Crippen LogP contribution in [0.3, 0.4) is 0 Å². The number of benzene rings is 2. The van der Waals surface area contributed by atoms with Crippen molar-refractivity contribution < 1.29 is 9.90 Å². The van der Waals surface area contributed by atoms with Gasteiger partial charge >= 0.3 is 0 Å². The van der Waals surface area contributed by atoms with Crippen molar-refractivity contribution in [3.8, 4) is 5.75 Å². The molecule has 0 aromatic heterocycles. The van der Waals surface area contributed by atoms with Crippen LogP contribution in [-0.4, -0.2) is 11.0 Å². The average Bonchev–Trinajstić information content (AvgIpc) is 3.15. The van der Waals surface area contributed by atoms with Crippen LogP contribution in [0.15, 0.2) is 36.4 Å². The highest BCUT2D eigenvalue weighted by Crippen LogP contribution is 2.34. The van der Waals surface area contributed by atoms with E-state index in [9.17, 15) is 9.90 Å². The number of hydrogen-bond acceptors (Lipinski definition) is 3. The number of carbonyl (C=O) groups is 1. The summed E-state index contributed by atoms with van der Waals surface area (Å²) >= 11 is 0. The first-order valence-corrected chi connectivity index (χ1v) is 9.63. The van der Waals surface area contributed by atoms with Crippen molar-refractivity contribution in [2.75, 3.05) is 0 Å². The Hall–Kier alpha value is -2.33. The zero-order valence-corrected chi connectivity index (χ0v) is 15.1. The monoisotopic (exact) mass is 350 g/mol. The Kier molecular flexibility index (Phi) is 4.93. The molecule has 0 atom stereocenters. The molecule has 1 heterocycles. The van der Waals surface area contributed by atoms with E-state index >= 15 is 0 Å². The number of hydrogen-bond donors (Lipinski definition) is 3. The molecular formula is C22H26N2O2. The Labute approximate surface area is 154 Å². The van der Waals surface area contributed by atoms with Gasteiger partial charge in [0.1, 0.15) is 5.75 Å². The van der Waals surface area contributed by atoms with E-state index in [4.69, 9.17) is 0 Å². The lowest BCUT2D eigenvalue weighted by atomic mass is 9.83. The maximum atomic E-state index is 12.6. The number of amides is 1. The van der Waals surface area contributed by atoms with Crippen LogP contribution in [0.25, 0.3) is 0 Å². The third kappa shape index (κ3) is 3.61. The van der Waals surface area contributed by atoms with Gasteiger partial charge in [0.05, 0.1) is 5.56 Å². The molecular weight excluding hydrogens is 324 g/mol. The van der Waals surface area contributed by atoms with Gasteiger partial charge in [0.15, 0.2) is 0 Å². The van der Waals surface area contributed by atoms with Crippen LogP contribution in [0, 0.1) is 0 Å². The van der Waals surface area contributed by atoms with E-state index in [0.29, 0.717) is 18.0 Å². The molecule has 0 bridgehead atoms. The Bertz CT molecular complexity index is 810. The number of nitrogens with one attached hydrogen (secondary N) is 2. The molecule has 4 rings (SSSR count). The summed E-state index contributed by atoms with van der Waals surface area (Å²) in [5.74, 6) is 0.360. The minimum absolute atomic E-state index is 0.0558. The molecule has 0 radical (unpaired) electrons.